The van der Waals surface area contributed by atoms with Gasteiger partial charge in [-0.25, -0.2) is 0 Å². The fraction of sp³-hybridized carbons (Fsp3) is 0.200. The molecule has 1 unspecified atom stereocenters. The van der Waals surface area contributed by atoms with Crippen molar-refractivity contribution in [3.8, 4) is 5.75 Å². The fourth-order valence-electron chi connectivity index (χ4n) is 1.98. The zero-order chi connectivity index (χ0) is 13.1. The lowest BCUT2D eigenvalue weighted by Gasteiger charge is -2.11. The third-order valence-electron chi connectivity index (χ3n) is 2.90. The number of aryl methyl sites for hydroxylation is 2. The van der Waals surface area contributed by atoms with E-state index in [-0.39, 0.29) is 0 Å². The molecule has 0 aliphatic heterocycles. The van der Waals surface area contributed by atoms with E-state index >= 15 is 0 Å². The molecule has 0 radical (unpaired) electrons. The maximum absolute atomic E-state index is 10.1. The van der Waals surface area contributed by atoms with E-state index < -0.39 is 0 Å². The Morgan fingerprint density at radius 1 is 1.11 bits per heavy atom. The van der Waals surface area contributed by atoms with Gasteiger partial charge in [0.2, 0.25) is 0 Å². The van der Waals surface area contributed by atoms with Crippen molar-refractivity contribution in [2.45, 2.75) is 19.6 Å². The average molecular weight is 276 g/mol. The van der Waals surface area contributed by atoms with Crippen LogP contribution in [0.25, 0.3) is 0 Å². The monoisotopic (exact) mass is 276 g/mol. The highest BCUT2D eigenvalue weighted by Crippen LogP contribution is 2.24. The smallest absolute Gasteiger partial charge is 0.126 e. The van der Waals surface area contributed by atoms with Crippen LogP contribution in [0.5, 0.6) is 5.75 Å². The minimum Gasteiger partial charge on any atom is -0.507 e. The van der Waals surface area contributed by atoms with Crippen molar-refractivity contribution < 1.29 is 5.11 Å². The van der Waals surface area contributed by atoms with Crippen molar-refractivity contribution in [2.75, 3.05) is 0 Å². The second-order valence-corrected chi connectivity index (χ2v) is 6.06. The summed E-state index contributed by atoms with van der Waals surface area (Å²) in [5.41, 5.74) is 3.37. The molecular weight excluding hydrogens is 259 g/mol. The molecule has 94 valence electrons. The lowest BCUT2D eigenvalue weighted by molar-refractivity contribution is 0.475. The van der Waals surface area contributed by atoms with E-state index in [1.807, 2.05) is 25.1 Å². The predicted molar refractivity (Wildman–Crippen MR) is 84.3 cm³/mol. The third-order valence-corrected chi connectivity index (χ3v) is 4.65. The van der Waals surface area contributed by atoms with Gasteiger partial charge >= 0.3 is 0 Å². The van der Waals surface area contributed by atoms with Gasteiger partial charge in [0.1, 0.15) is 5.75 Å². The molecule has 3 heteroatoms. The van der Waals surface area contributed by atoms with Gasteiger partial charge in [0, 0.05) is 11.1 Å². The van der Waals surface area contributed by atoms with Crippen molar-refractivity contribution in [3.63, 3.8) is 0 Å². The minimum atomic E-state index is 0.424. The Labute approximate surface area is 115 Å². The summed E-state index contributed by atoms with van der Waals surface area (Å²) in [6, 6.07) is 12.3. The Hall–Kier alpha value is -0.980. The largest absolute Gasteiger partial charge is 0.507 e. The van der Waals surface area contributed by atoms with Crippen LogP contribution in [-0.4, -0.2) is 5.11 Å². The van der Waals surface area contributed by atoms with E-state index in [1.54, 1.807) is 0 Å². The summed E-state index contributed by atoms with van der Waals surface area (Å²) in [4.78, 5) is 0. The summed E-state index contributed by atoms with van der Waals surface area (Å²) in [7, 11) is 0.475. The Balaban J connectivity index is 2.40. The highest BCUT2D eigenvalue weighted by molar-refractivity contribution is 7.79. The SMILES string of the molecule is Cc1cc(C)c(O)c(Pc2ccccc2CS)c1. The van der Waals surface area contributed by atoms with Crippen molar-refractivity contribution in [2.24, 2.45) is 0 Å². The number of aromatic hydroxyl groups is 1. The first kappa shape index (κ1) is 13.5. The number of thiol groups is 1. The molecule has 18 heavy (non-hydrogen) atoms. The molecule has 1 nitrogen and oxygen atoms in total. The molecule has 1 N–H and O–H groups in total. The Morgan fingerprint density at radius 3 is 2.56 bits per heavy atom. The summed E-state index contributed by atoms with van der Waals surface area (Å²) in [5.74, 6) is 1.15. The van der Waals surface area contributed by atoms with E-state index in [9.17, 15) is 5.11 Å². The molecule has 0 aliphatic carbocycles. The van der Waals surface area contributed by atoms with Crippen LogP contribution >= 0.6 is 21.2 Å². The fourth-order valence-corrected chi connectivity index (χ4v) is 3.82. The van der Waals surface area contributed by atoms with E-state index in [1.165, 1.54) is 16.4 Å². The first-order valence-electron chi connectivity index (χ1n) is 5.88. The van der Waals surface area contributed by atoms with Gasteiger partial charge < -0.3 is 5.11 Å². The van der Waals surface area contributed by atoms with E-state index in [0.717, 1.165) is 16.6 Å². The van der Waals surface area contributed by atoms with Crippen molar-refractivity contribution in [1.29, 1.82) is 0 Å². The quantitative estimate of drug-likeness (QED) is 0.652. The Morgan fingerprint density at radius 2 is 1.83 bits per heavy atom. The van der Waals surface area contributed by atoms with Crippen LogP contribution in [0.4, 0.5) is 0 Å². The topological polar surface area (TPSA) is 20.2 Å². The molecule has 0 saturated carbocycles. The normalized spacial score (nSPS) is 11.3. The van der Waals surface area contributed by atoms with Crippen LogP contribution < -0.4 is 10.6 Å². The van der Waals surface area contributed by atoms with E-state index in [2.05, 4.69) is 37.8 Å². The van der Waals surface area contributed by atoms with Gasteiger partial charge in [0.25, 0.3) is 0 Å². The highest BCUT2D eigenvalue weighted by Gasteiger charge is 2.08. The number of hydrogen-bond donors (Lipinski definition) is 2. The lowest BCUT2D eigenvalue weighted by Crippen LogP contribution is -2.09. The summed E-state index contributed by atoms with van der Waals surface area (Å²) in [5, 5.41) is 12.4. The van der Waals surface area contributed by atoms with Crippen molar-refractivity contribution in [3.05, 3.63) is 53.1 Å². The van der Waals surface area contributed by atoms with Gasteiger partial charge in [-0.2, -0.15) is 12.6 Å². The maximum Gasteiger partial charge on any atom is 0.126 e. The molecule has 2 aromatic rings. The molecular formula is C15H17OPS. The zero-order valence-electron chi connectivity index (χ0n) is 10.6. The van der Waals surface area contributed by atoms with Crippen LogP contribution in [0, 0.1) is 13.8 Å². The molecule has 0 fully saturated rings. The molecule has 1 atom stereocenters. The highest BCUT2D eigenvalue weighted by atomic mass is 32.1. The number of hydrogen-bond acceptors (Lipinski definition) is 2. The van der Waals surface area contributed by atoms with Crippen molar-refractivity contribution >= 4 is 31.8 Å². The lowest BCUT2D eigenvalue weighted by atomic mass is 10.1. The van der Waals surface area contributed by atoms with Crippen LogP contribution in [0.15, 0.2) is 36.4 Å². The summed E-state index contributed by atoms with van der Waals surface area (Å²) in [6.45, 7) is 4.01. The molecule has 0 amide bonds. The molecule has 0 bridgehead atoms. The first-order valence-corrected chi connectivity index (χ1v) is 7.51. The molecule has 0 aliphatic rings. The molecule has 0 spiro atoms. The van der Waals surface area contributed by atoms with E-state index in [4.69, 9.17) is 0 Å². The Bertz CT molecular complexity index is 566. The Kier molecular flexibility index (Phi) is 4.31. The number of phenols is 1. The molecule has 2 rings (SSSR count). The van der Waals surface area contributed by atoms with Gasteiger partial charge in [0.15, 0.2) is 0 Å². The van der Waals surface area contributed by atoms with Crippen LogP contribution in [0.1, 0.15) is 16.7 Å². The summed E-state index contributed by atoms with van der Waals surface area (Å²) < 4.78 is 0. The maximum atomic E-state index is 10.1. The van der Waals surface area contributed by atoms with Gasteiger partial charge in [-0.05, 0) is 41.9 Å². The summed E-state index contributed by atoms with van der Waals surface area (Å²) in [6.07, 6.45) is 0. The second-order valence-electron chi connectivity index (χ2n) is 4.42. The van der Waals surface area contributed by atoms with Gasteiger partial charge in [-0.15, -0.1) is 0 Å². The number of rotatable bonds is 3. The van der Waals surface area contributed by atoms with Crippen LogP contribution in [0.2, 0.25) is 0 Å². The average Bonchev–Trinajstić information content (AvgIpc) is 2.36. The van der Waals surface area contributed by atoms with Crippen molar-refractivity contribution in [1.82, 2.24) is 0 Å². The number of benzene rings is 2. The molecule has 0 saturated heterocycles. The minimum absolute atomic E-state index is 0.424. The van der Waals surface area contributed by atoms with Crippen LogP contribution in [0.3, 0.4) is 0 Å². The summed E-state index contributed by atoms with van der Waals surface area (Å²) >= 11 is 4.35. The number of phenolic OH excluding ortho intramolecular Hbond substituents is 1. The third kappa shape index (κ3) is 2.88. The second kappa shape index (κ2) is 5.77. The van der Waals surface area contributed by atoms with E-state index in [0.29, 0.717) is 14.3 Å². The molecule has 0 heterocycles. The van der Waals surface area contributed by atoms with Gasteiger partial charge in [-0.1, -0.05) is 38.9 Å². The predicted octanol–water partition coefficient (Wildman–Crippen LogP) is 3.07. The zero-order valence-corrected chi connectivity index (χ0v) is 12.5. The molecule has 0 aromatic heterocycles. The van der Waals surface area contributed by atoms with Gasteiger partial charge in [0.05, 0.1) is 0 Å². The van der Waals surface area contributed by atoms with Crippen LogP contribution in [-0.2, 0) is 5.75 Å². The standard InChI is InChI=1S/C15H17OPS/c1-10-7-11(2)15(16)14(8-10)17-13-6-4-3-5-12(13)9-18/h3-8,16-18H,9H2,1-2H3. The first-order chi connectivity index (χ1) is 8.61. The van der Waals surface area contributed by atoms with Gasteiger partial charge in [-0.3, -0.25) is 0 Å². The molecule has 2 aromatic carbocycles.